The van der Waals surface area contributed by atoms with E-state index in [1.165, 1.54) is 11.1 Å². The van der Waals surface area contributed by atoms with Gasteiger partial charge in [0.05, 0.1) is 0 Å². The number of halogens is 2. The van der Waals surface area contributed by atoms with Gasteiger partial charge in [0.25, 0.3) is 0 Å². The molecule has 2 aromatic carbocycles. The van der Waals surface area contributed by atoms with Gasteiger partial charge in [0.15, 0.2) is 6.29 Å². The molecule has 0 amide bonds. The summed E-state index contributed by atoms with van der Waals surface area (Å²) in [5.74, 6) is -1.08. The first-order valence-corrected chi connectivity index (χ1v) is 8.43. The van der Waals surface area contributed by atoms with Crippen molar-refractivity contribution in [3.05, 3.63) is 77.5 Å². The third-order valence-corrected chi connectivity index (χ3v) is 3.97. The van der Waals surface area contributed by atoms with E-state index in [1.54, 1.807) is 6.20 Å². The van der Waals surface area contributed by atoms with Gasteiger partial charge in [-0.15, -0.1) is 0 Å². The number of hydrogen-bond donors (Lipinski definition) is 3. The number of aliphatic hydroxyl groups is 1. The topological polar surface area (TPSA) is 88.2 Å². The highest BCUT2D eigenvalue weighted by molar-refractivity contribution is 5.70. The Kier molecular flexibility index (Phi) is 7.17. The summed E-state index contributed by atoms with van der Waals surface area (Å²) in [6.07, 6.45) is 0.542. The molecule has 7 heteroatoms. The molecule has 4 N–H and O–H groups in total. The zero-order valence-electron chi connectivity index (χ0n) is 15.5. The van der Waals surface area contributed by atoms with Crippen molar-refractivity contribution in [2.75, 3.05) is 18.1 Å². The van der Waals surface area contributed by atoms with Gasteiger partial charge in [-0.2, -0.15) is 0 Å². The molecule has 28 heavy (non-hydrogen) atoms. The summed E-state index contributed by atoms with van der Waals surface area (Å²) >= 11 is 0. The van der Waals surface area contributed by atoms with E-state index in [-0.39, 0.29) is 11.8 Å². The highest BCUT2D eigenvalue weighted by Crippen LogP contribution is 2.25. The summed E-state index contributed by atoms with van der Waals surface area (Å²) in [6.45, 7) is 2.09. The molecule has 0 aliphatic heterocycles. The highest BCUT2D eigenvalue weighted by Gasteiger charge is 2.08. The van der Waals surface area contributed by atoms with Crippen LogP contribution in [0.4, 0.5) is 20.3 Å². The summed E-state index contributed by atoms with van der Waals surface area (Å²) in [6, 6.07) is 12.6. The number of rotatable bonds is 4. The highest BCUT2D eigenvalue weighted by atomic mass is 19.1. The molecule has 1 aromatic heterocycles. The van der Waals surface area contributed by atoms with Gasteiger partial charge in [0, 0.05) is 30.6 Å². The second-order valence-corrected chi connectivity index (χ2v) is 6.04. The molecule has 0 aliphatic carbocycles. The largest absolute Gasteiger partial charge is 0.388 e. The third kappa shape index (κ3) is 5.59. The summed E-state index contributed by atoms with van der Waals surface area (Å²) in [5, 5.41) is 12.0. The van der Waals surface area contributed by atoms with Gasteiger partial charge in [0.1, 0.15) is 23.6 Å². The number of anilines is 2. The van der Waals surface area contributed by atoms with E-state index in [4.69, 9.17) is 10.8 Å². The number of nitrogens with two attached hydrogens (primary N) is 1. The number of pyridine rings is 1. The maximum Gasteiger partial charge on any atom is 0.153 e. The molecule has 5 nitrogen and oxygen atoms in total. The molecular formula is C21H21F2N3O2. The fourth-order valence-corrected chi connectivity index (χ4v) is 2.53. The Labute approximate surface area is 161 Å². The second-order valence-electron chi connectivity index (χ2n) is 6.04. The average Bonchev–Trinajstić information content (AvgIpc) is 2.68. The van der Waals surface area contributed by atoms with Gasteiger partial charge >= 0.3 is 0 Å². The number of nitrogens with one attached hydrogen (secondary N) is 1. The minimum Gasteiger partial charge on any atom is -0.388 e. The van der Waals surface area contributed by atoms with E-state index in [9.17, 15) is 13.6 Å². The van der Waals surface area contributed by atoms with Gasteiger partial charge in [-0.1, -0.05) is 6.07 Å². The molecule has 0 fully saturated rings. The second kappa shape index (κ2) is 9.57. The lowest BCUT2D eigenvalue weighted by Gasteiger charge is -2.08. The molecule has 1 unspecified atom stereocenters. The Morgan fingerprint density at radius 3 is 2.29 bits per heavy atom. The zero-order valence-corrected chi connectivity index (χ0v) is 15.5. The van der Waals surface area contributed by atoms with Gasteiger partial charge < -0.3 is 21.0 Å². The molecule has 3 aromatic rings. The fourth-order valence-electron chi connectivity index (χ4n) is 2.53. The van der Waals surface area contributed by atoms with E-state index in [1.807, 2.05) is 19.2 Å². The number of aryl methyl sites for hydroxylation is 1. The maximum absolute atomic E-state index is 12.5. The molecule has 1 heterocycles. The summed E-state index contributed by atoms with van der Waals surface area (Å²) in [5.41, 5.74) is 10.1. The maximum atomic E-state index is 12.5. The Bertz CT molecular complexity index is 927. The van der Waals surface area contributed by atoms with Crippen LogP contribution in [0.2, 0.25) is 0 Å². The number of nitrogen functional groups attached to an aromatic ring is 1. The van der Waals surface area contributed by atoms with Crippen molar-refractivity contribution in [3.63, 3.8) is 0 Å². The number of carbonyl (C=O) groups is 1. The zero-order chi connectivity index (χ0) is 20.7. The van der Waals surface area contributed by atoms with Crippen LogP contribution in [0.5, 0.6) is 0 Å². The number of aliphatic hydroxyl groups excluding tert-OH is 1. The number of hydrogen-bond acceptors (Lipinski definition) is 5. The number of aromatic nitrogens is 1. The number of aldehydes is 1. The average molecular weight is 385 g/mol. The lowest BCUT2D eigenvalue weighted by Crippen LogP contribution is -1.99. The Balaban J connectivity index is 0.000000209. The van der Waals surface area contributed by atoms with E-state index in [2.05, 4.69) is 35.4 Å². The van der Waals surface area contributed by atoms with Crippen molar-refractivity contribution in [3.8, 4) is 11.1 Å². The van der Waals surface area contributed by atoms with E-state index >= 15 is 0 Å². The lowest BCUT2D eigenvalue weighted by atomic mass is 10.0. The molecule has 146 valence electrons. The van der Waals surface area contributed by atoms with Crippen molar-refractivity contribution in [1.82, 2.24) is 4.98 Å². The molecular weight excluding hydrogens is 364 g/mol. The summed E-state index contributed by atoms with van der Waals surface area (Å²) < 4.78 is 24.9. The van der Waals surface area contributed by atoms with Crippen LogP contribution in [0.15, 0.2) is 54.7 Å². The van der Waals surface area contributed by atoms with Gasteiger partial charge in [-0.3, -0.25) is 0 Å². The van der Waals surface area contributed by atoms with Crippen LogP contribution >= 0.6 is 0 Å². The Morgan fingerprint density at radius 2 is 1.79 bits per heavy atom. The molecule has 1 atom stereocenters. The minimum atomic E-state index is -1.46. The van der Waals surface area contributed by atoms with Crippen molar-refractivity contribution in [2.45, 2.75) is 13.0 Å². The minimum absolute atomic E-state index is 0.0810. The quantitative estimate of drug-likeness (QED) is 0.593. The van der Waals surface area contributed by atoms with Crippen LogP contribution in [-0.4, -0.2) is 23.4 Å². The van der Waals surface area contributed by atoms with Crippen molar-refractivity contribution >= 4 is 17.8 Å². The number of nitrogens with zero attached hydrogens (tertiary/aromatic N) is 1. The van der Waals surface area contributed by atoms with Gasteiger partial charge in [-0.25, -0.2) is 13.8 Å². The van der Waals surface area contributed by atoms with Gasteiger partial charge in [0.2, 0.25) is 0 Å². The van der Waals surface area contributed by atoms with Crippen molar-refractivity contribution in [2.24, 2.45) is 0 Å². The summed E-state index contributed by atoms with van der Waals surface area (Å²) in [4.78, 5) is 14.1. The number of benzene rings is 2. The van der Waals surface area contributed by atoms with Crippen LogP contribution < -0.4 is 11.1 Å². The molecule has 0 saturated carbocycles. The molecule has 0 saturated heterocycles. The van der Waals surface area contributed by atoms with E-state index in [0.29, 0.717) is 11.9 Å². The molecule has 0 spiro atoms. The van der Waals surface area contributed by atoms with Crippen molar-refractivity contribution < 1.29 is 18.7 Å². The standard InChI is InChI=1S/C13H15N3.C8H6F2O2/c1-9-7-11(15-2)4-5-12(9)10-3-6-13(14)16-8-10;9-6-1-5(8(12)4-11)2-7(10)3-6/h3-8,15H,1-2H3,(H2,14,16);1-4,8,12H. The molecule has 3 rings (SSSR count). The Morgan fingerprint density at radius 1 is 1.11 bits per heavy atom. The Hall–Kier alpha value is -3.32. The van der Waals surface area contributed by atoms with Crippen LogP contribution in [0.1, 0.15) is 17.2 Å². The molecule has 0 bridgehead atoms. The monoisotopic (exact) mass is 385 g/mol. The lowest BCUT2D eigenvalue weighted by molar-refractivity contribution is -0.115. The molecule has 0 radical (unpaired) electrons. The van der Waals surface area contributed by atoms with E-state index < -0.39 is 17.7 Å². The summed E-state index contributed by atoms with van der Waals surface area (Å²) in [7, 11) is 1.92. The van der Waals surface area contributed by atoms with Crippen LogP contribution in [0.3, 0.4) is 0 Å². The number of carbonyl (C=O) groups excluding carboxylic acids is 1. The first-order valence-electron chi connectivity index (χ1n) is 8.43. The predicted molar refractivity (Wildman–Crippen MR) is 106 cm³/mol. The van der Waals surface area contributed by atoms with Crippen LogP contribution in [0, 0.1) is 18.6 Å². The van der Waals surface area contributed by atoms with Crippen LogP contribution in [-0.2, 0) is 4.79 Å². The first kappa shape index (κ1) is 21.0. The van der Waals surface area contributed by atoms with Crippen molar-refractivity contribution in [1.29, 1.82) is 0 Å². The normalized spacial score (nSPS) is 11.2. The van der Waals surface area contributed by atoms with Gasteiger partial charge in [-0.05, 0) is 60.0 Å². The van der Waals surface area contributed by atoms with Crippen LogP contribution in [0.25, 0.3) is 11.1 Å². The first-order chi connectivity index (χ1) is 13.3. The van der Waals surface area contributed by atoms with E-state index in [0.717, 1.165) is 23.4 Å². The SMILES string of the molecule is CNc1ccc(-c2ccc(N)nc2)c(C)c1.O=CC(O)c1cc(F)cc(F)c1. The third-order valence-electron chi connectivity index (χ3n) is 3.97. The molecule has 0 aliphatic rings. The smallest absolute Gasteiger partial charge is 0.153 e. The fraction of sp³-hybridized carbons (Fsp3) is 0.143. The predicted octanol–water partition coefficient (Wildman–Crippen LogP) is 3.88.